The second-order valence-corrected chi connectivity index (χ2v) is 9.42. The Balaban J connectivity index is 1.44. The molecule has 0 saturated heterocycles. The van der Waals surface area contributed by atoms with Crippen molar-refractivity contribution < 1.29 is 14.3 Å². The van der Waals surface area contributed by atoms with E-state index in [2.05, 4.69) is 16.4 Å². The third kappa shape index (κ3) is 5.10. The van der Waals surface area contributed by atoms with E-state index >= 15 is 0 Å². The molecule has 0 aliphatic carbocycles. The Bertz CT molecular complexity index is 1230. The fourth-order valence-corrected chi connectivity index (χ4v) is 5.48. The maximum Gasteiger partial charge on any atom is 0.227 e. The van der Waals surface area contributed by atoms with E-state index in [0.717, 1.165) is 27.3 Å². The van der Waals surface area contributed by atoms with E-state index in [-0.39, 0.29) is 24.2 Å². The number of hydrogen-bond acceptors (Lipinski definition) is 6. The number of para-hydroxylation sites is 1. The molecule has 4 rings (SSSR count). The number of anilines is 1. The van der Waals surface area contributed by atoms with E-state index in [4.69, 9.17) is 4.74 Å². The summed E-state index contributed by atoms with van der Waals surface area (Å²) >= 11 is 1.39. The molecule has 174 valence electrons. The standard InChI is InChI=1S/C26H26N4O3S/c1-17(19-7-3-4-8-22(19)33-2)12-24(31)29-26-21(14-27)20-9-11-30(16-23(20)34-26)25(32)13-18-6-5-10-28-15-18/h3-8,10,15,17H,9,11-13,16H2,1-2H3,(H,29,31)/t17-/m0/s1. The van der Waals surface area contributed by atoms with Crippen LogP contribution in [0.5, 0.6) is 5.75 Å². The maximum absolute atomic E-state index is 12.8. The van der Waals surface area contributed by atoms with E-state index in [1.54, 1.807) is 19.5 Å². The largest absolute Gasteiger partial charge is 0.496 e. The minimum atomic E-state index is -0.155. The molecule has 7 nitrogen and oxygen atoms in total. The van der Waals surface area contributed by atoms with Crippen LogP contribution in [0.3, 0.4) is 0 Å². The number of amides is 2. The highest BCUT2D eigenvalue weighted by molar-refractivity contribution is 7.16. The second-order valence-electron chi connectivity index (χ2n) is 8.32. The Morgan fingerprint density at radius 1 is 1.29 bits per heavy atom. The van der Waals surface area contributed by atoms with Gasteiger partial charge in [-0.2, -0.15) is 5.26 Å². The van der Waals surface area contributed by atoms with Gasteiger partial charge in [0.25, 0.3) is 0 Å². The molecule has 34 heavy (non-hydrogen) atoms. The minimum Gasteiger partial charge on any atom is -0.496 e. The lowest BCUT2D eigenvalue weighted by Crippen LogP contribution is -2.36. The number of benzene rings is 1. The lowest BCUT2D eigenvalue weighted by molar-refractivity contribution is -0.131. The molecule has 0 bridgehead atoms. The van der Waals surface area contributed by atoms with E-state index in [1.165, 1.54) is 11.3 Å². The molecular weight excluding hydrogens is 448 g/mol. The van der Waals surface area contributed by atoms with Crippen LogP contribution in [0, 0.1) is 11.3 Å². The number of carbonyl (C=O) groups is 2. The van der Waals surface area contributed by atoms with Crippen LogP contribution in [0.1, 0.15) is 46.4 Å². The molecule has 1 aromatic carbocycles. The minimum absolute atomic E-state index is 0.0294. The highest BCUT2D eigenvalue weighted by Gasteiger charge is 2.28. The number of fused-ring (bicyclic) bond motifs is 1. The number of ether oxygens (including phenoxy) is 1. The van der Waals surface area contributed by atoms with Crippen LogP contribution < -0.4 is 10.1 Å². The monoisotopic (exact) mass is 474 g/mol. The molecule has 0 saturated carbocycles. The molecule has 0 fully saturated rings. The van der Waals surface area contributed by atoms with Gasteiger partial charge in [-0.25, -0.2) is 0 Å². The smallest absolute Gasteiger partial charge is 0.227 e. The molecule has 2 amide bonds. The van der Waals surface area contributed by atoms with Gasteiger partial charge in [-0.3, -0.25) is 14.6 Å². The van der Waals surface area contributed by atoms with Gasteiger partial charge in [0.15, 0.2) is 0 Å². The summed E-state index contributed by atoms with van der Waals surface area (Å²) in [6.07, 6.45) is 4.55. The summed E-state index contributed by atoms with van der Waals surface area (Å²) in [5, 5.41) is 13.3. The molecule has 1 atom stereocenters. The zero-order valence-electron chi connectivity index (χ0n) is 19.2. The second kappa shape index (κ2) is 10.5. The van der Waals surface area contributed by atoms with Crippen LogP contribution in [0.15, 0.2) is 48.8 Å². The number of thiophene rings is 1. The lowest BCUT2D eigenvalue weighted by Gasteiger charge is -2.27. The van der Waals surface area contributed by atoms with Gasteiger partial charge in [-0.1, -0.05) is 31.2 Å². The summed E-state index contributed by atoms with van der Waals surface area (Å²) < 4.78 is 5.42. The van der Waals surface area contributed by atoms with Crippen molar-refractivity contribution in [2.75, 3.05) is 19.0 Å². The van der Waals surface area contributed by atoms with Gasteiger partial charge in [0.1, 0.15) is 16.8 Å². The molecule has 1 aliphatic rings. The van der Waals surface area contributed by atoms with E-state index in [1.807, 2.05) is 48.2 Å². The number of aromatic nitrogens is 1. The van der Waals surface area contributed by atoms with Gasteiger partial charge in [0, 0.05) is 30.2 Å². The first-order valence-corrected chi connectivity index (χ1v) is 12.0. The van der Waals surface area contributed by atoms with Crippen LogP contribution in [0.25, 0.3) is 0 Å². The van der Waals surface area contributed by atoms with Crippen molar-refractivity contribution in [3.8, 4) is 11.8 Å². The first kappa shape index (κ1) is 23.5. The predicted molar refractivity (Wildman–Crippen MR) is 131 cm³/mol. The zero-order valence-corrected chi connectivity index (χ0v) is 20.0. The number of methoxy groups -OCH3 is 1. The SMILES string of the molecule is COc1ccccc1[C@@H](C)CC(=O)Nc1sc2c(c1C#N)CCN(C(=O)Cc1cccnc1)C2. The average Bonchev–Trinajstić information content (AvgIpc) is 3.20. The molecular formula is C26H26N4O3S. The predicted octanol–water partition coefficient (Wildman–Crippen LogP) is 4.28. The molecule has 8 heteroatoms. The van der Waals surface area contributed by atoms with Gasteiger partial charge in [0.05, 0.1) is 25.6 Å². The van der Waals surface area contributed by atoms with Crippen molar-refractivity contribution in [2.24, 2.45) is 0 Å². The van der Waals surface area contributed by atoms with Gasteiger partial charge in [-0.05, 0) is 41.2 Å². The van der Waals surface area contributed by atoms with Gasteiger partial charge in [-0.15, -0.1) is 11.3 Å². The van der Waals surface area contributed by atoms with Crippen LogP contribution in [-0.4, -0.2) is 35.4 Å². The topological polar surface area (TPSA) is 95.3 Å². The normalized spacial score (nSPS) is 13.5. The lowest BCUT2D eigenvalue weighted by atomic mass is 9.96. The number of hydrogen-bond donors (Lipinski definition) is 1. The van der Waals surface area contributed by atoms with Crippen molar-refractivity contribution in [1.82, 2.24) is 9.88 Å². The fraction of sp³-hybridized carbons (Fsp3) is 0.308. The average molecular weight is 475 g/mol. The summed E-state index contributed by atoms with van der Waals surface area (Å²) in [7, 11) is 1.62. The summed E-state index contributed by atoms with van der Waals surface area (Å²) in [6.45, 7) is 2.98. The Hall–Kier alpha value is -3.70. The van der Waals surface area contributed by atoms with E-state index in [9.17, 15) is 14.9 Å². The van der Waals surface area contributed by atoms with Gasteiger partial charge >= 0.3 is 0 Å². The Kier molecular flexibility index (Phi) is 7.24. The van der Waals surface area contributed by atoms with Gasteiger partial charge in [0.2, 0.25) is 11.8 Å². The number of rotatable bonds is 7. The quantitative estimate of drug-likeness (QED) is 0.551. The first-order valence-electron chi connectivity index (χ1n) is 11.1. The zero-order chi connectivity index (χ0) is 24.1. The van der Waals surface area contributed by atoms with E-state index in [0.29, 0.717) is 36.5 Å². The number of nitriles is 1. The third-order valence-electron chi connectivity index (χ3n) is 6.01. The number of pyridine rings is 1. The third-order valence-corrected chi connectivity index (χ3v) is 7.15. The molecule has 1 N–H and O–H groups in total. The fourth-order valence-electron chi connectivity index (χ4n) is 4.25. The van der Waals surface area contributed by atoms with Crippen molar-refractivity contribution in [3.63, 3.8) is 0 Å². The highest BCUT2D eigenvalue weighted by Crippen LogP contribution is 2.37. The molecule has 3 heterocycles. The van der Waals surface area contributed by atoms with Crippen molar-refractivity contribution in [3.05, 3.63) is 75.9 Å². The Morgan fingerprint density at radius 2 is 2.12 bits per heavy atom. The molecule has 0 spiro atoms. The van der Waals surface area contributed by atoms with Crippen LogP contribution >= 0.6 is 11.3 Å². The first-order chi connectivity index (χ1) is 16.5. The Morgan fingerprint density at radius 3 is 2.85 bits per heavy atom. The molecule has 2 aromatic heterocycles. The van der Waals surface area contributed by atoms with Crippen LogP contribution in [0.4, 0.5) is 5.00 Å². The maximum atomic E-state index is 12.8. The van der Waals surface area contributed by atoms with Crippen molar-refractivity contribution >= 4 is 28.2 Å². The molecule has 0 unspecified atom stereocenters. The van der Waals surface area contributed by atoms with Crippen LogP contribution in [0.2, 0.25) is 0 Å². The summed E-state index contributed by atoms with van der Waals surface area (Å²) in [5.74, 6) is 0.583. The Labute approximate surface area is 203 Å². The number of nitrogens with one attached hydrogen (secondary N) is 1. The summed E-state index contributed by atoms with van der Waals surface area (Å²) in [4.78, 5) is 32.4. The number of nitrogens with zero attached hydrogens (tertiary/aromatic N) is 3. The van der Waals surface area contributed by atoms with Crippen molar-refractivity contribution in [2.45, 2.75) is 38.6 Å². The highest BCUT2D eigenvalue weighted by atomic mass is 32.1. The summed E-state index contributed by atoms with van der Waals surface area (Å²) in [6, 6.07) is 13.6. The molecule has 3 aromatic rings. The van der Waals surface area contributed by atoms with Crippen LogP contribution in [-0.2, 0) is 29.0 Å². The summed E-state index contributed by atoms with van der Waals surface area (Å²) in [5.41, 5.74) is 3.29. The van der Waals surface area contributed by atoms with E-state index < -0.39 is 0 Å². The number of carbonyl (C=O) groups excluding carboxylic acids is 2. The molecule has 1 aliphatic heterocycles. The van der Waals surface area contributed by atoms with Gasteiger partial charge < -0.3 is 15.0 Å². The van der Waals surface area contributed by atoms with Crippen molar-refractivity contribution in [1.29, 1.82) is 5.26 Å². The molecule has 0 radical (unpaired) electrons.